The Morgan fingerprint density at radius 1 is 0.951 bits per heavy atom. The number of benzene rings is 2. The lowest BCUT2D eigenvalue weighted by molar-refractivity contribution is -0.132. The van der Waals surface area contributed by atoms with Gasteiger partial charge in [0.2, 0.25) is 15.9 Å². The predicted molar refractivity (Wildman–Crippen MR) is 164 cm³/mol. The van der Waals surface area contributed by atoms with Crippen molar-refractivity contribution < 1.29 is 22.7 Å². The zero-order chi connectivity index (χ0) is 29.6. The molecule has 1 aliphatic carbocycles. The lowest BCUT2D eigenvalue weighted by Crippen LogP contribution is -2.48. The minimum atomic E-state index is -3.90. The van der Waals surface area contributed by atoms with Crippen LogP contribution in [0.5, 0.6) is 11.5 Å². The fourth-order valence-corrected chi connectivity index (χ4v) is 8.66. The summed E-state index contributed by atoms with van der Waals surface area (Å²) in [6.45, 7) is 6.38. The molecular weight excluding hydrogens is 556 g/mol. The maximum atomic E-state index is 14.3. The molecule has 1 amide bonds. The first kappa shape index (κ1) is 31.1. The second kappa shape index (κ2) is 13.9. The lowest BCUT2D eigenvalue weighted by atomic mass is 9.95. The second-order valence-corrected chi connectivity index (χ2v) is 13.8. The van der Waals surface area contributed by atoms with E-state index in [0.717, 1.165) is 59.2 Å². The first-order valence-corrected chi connectivity index (χ1v) is 16.6. The first-order valence-electron chi connectivity index (χ1n) is 14.2. The van der Waals surface area contributed by atoms with Gasteiger partial charge in [-0.15, -0.1) is 11.3 Å². The normalized spacial score (nSPS) is 14.3. The molecule has 0 radical (unpaired) electrons. The maximum absolute atomic E-state index is 14.3. The third-order valence-electron chi connectivity index (χ3n) is 7.84. The molecule has 0 spiro atoms. The highest BCUT2D eigenvalue weighted by Gasteiger charge is 2.36. The topological polar surface area (TPSA) is 76.2 Å². The van der Waals surface area contributed by atoms with E-state index in [1.165, 1.54) is 4.31 Å². The molecule has 0 atom stereocenters. The molecule has 0 unspecified atom stereocenters. The monoisotopic (exact) mass is 598 g/mol. The summed E-state index contributed by atoms with van der Waals surface area (Å²) in [6.07, 6.45) is 5.17. The molecule has 7 nitrogen and oxygen atoms in total. The van der Waals surface area contributed by atoms with Gasteiger partial charge in [0.15, 0.2) is 11.5 Å². The van der Waals surface area contributed by atoms with Crippen molar-refractivity contribution in [3.63, 3.8) is 0 Å². The molecule has 1 aliphatic rings. The highest BCUT2D eigenvalue weighted by molar-refractivity contribution is 7.89. The van der Waals surface area contributed by atoms with Gasteiger partial charge in [0.1, 0.15) is 0 Å². The minimum Gasteiger partial charge on any atom is -0.493 e. The van der Waals surface area contributed by atoms with E-state index in [4.69, 9.17) is 9.47 Å². The molecule has 4 rings (SSSR count). The molecule has 9 heteroatoms. The molecule has 3 aromatic rings. The fraction of sp³-hybridized carbons (Fsp3) is 0.469. The molecular formula is C32H42N2O5S2. The standard InChI is InChI=1S/C32H42N2O5S2/c1-23-18-24(2)32(25(3)19-23)41(36,37)34(27-10-7-6-8-11-27)22-31(35)33(21-28-12-9-17-40-28)16-15-26-13-14-29(38-4)30(20-26)39-5/h9,12-14,17-20,27H,6-8,10-11,15-16,21-22H2,1-5H3. The Bertz CT molecular complexity index is 1410. The van der Waals surface area contributed by atoms with E-state index in [1.807, 2.05) is 68.6 Å². The van der Waals surface area contributed by atoms with E-state index < -0.39 is 10.0 Å². The Morgan fingerprint density at radius 3 is 2.24 bits per heavy atom. The van der Waals surface area contributed by atoms with Crippen LogP contribution in [0.2, 0.25) is 0 Å². The largest absolute Gasteiger partial charge is 0.493 e. The van der Waals surface area contributed by atoms with Gasteiger partial charge >= 0.3 is 0 Å². The van der Waals surface area contributed by atoms with Crippen molar-refractivity contribution in [3.05, 3.63) is 75.0 Å². The molecule has 0 bridgehead atoms. The van der Waals surface area contributed by atoms with Crippen LogP contribution in [0, 0.1) is 20.8 Å². The zero-order valence-electron chi connectivity index (χ0n) is 24.8. The number of hydrogen-bond acceptors (Lipinski definition) is 6. The Kier molecular flexibility index (Phi) is 10.5. The highest BCUT2D eigenvalue weighted by atomic mass is 32.2. The average molecular weight is 599 g/mol. The molecule has 1 aromatic heterocycles. The van der Waals surface area contributed by atoms with Crippen LogP contribution in [0.1, 0.15) is 59.2 Å². The van der Waals surface area contributed by atoms with Crippen LogP contribution < -0.4 is 9.47 Å². The van der Waals surface area contributed by atoms with Gasteiger partial charge < -0.3 is 14.4 Å². The van der Waals surface area contributed by atoms with E-state index in [9.17, 15) is 13.2 Å². The summed E-state index contributed by atoms with van der Waals surface area (Å²) in [5.41, 5.74) is 3.48. The van der Waals surface area contributed by atoms with Gasteiger partial charge in [0.05, 0.1) is 32.2 Å². The van der Waals surface area contributed by atoms with Gasteiger partial charge in [-0.2, -0.15) is 4.31 Å². The number of carbonyl (C=O) groups is 1. The van der Waals surface area contributed by atoms with Gasteiger partial charge in [-0.3, -0.25) is 4.79 Å². The van der Waals surface area contributed by atoms with E-state index in [1.54, 1.807) is 30.5 Å². The van der Waals surface area contributed by atoms with Crippen molar-refractivity contribution in [2.45, 2.75) is 76.8 Å². The number of sulfonamides is 1. The summed E-state index contributed by atoms with van der Waals surface area (Å²) >= 11 is 1.59. The van der Waals surface area contributed by atoms with E-state index in [0.29, 0.717) is 35.9 Å². The van der Waals surface area contributed by atoms with Crippen molar-refractivity contribution >= 4 is 27.3 Å². The Hall–Kier alpha value is -2.88. The van der Waals surface area contributed by atoms with Crippen LogP contribution in [0.4, 0.5) is 0 Å². The third kappa shape index (κ3) is 7.50. The van der Waals surface area contributed by atoms with Crippen molar-refractivity contribution in [1.82, 2.24) is 9.21 Å². The summed E-state index contributed by atoms with van der Waals surface area (Å²) in [7, 11) is -0.690. The van der Waals surface area contributed by atoms with Crippen LogP contribution in [0.25, 0.3) is 0 Å². The quantitative estimate of drug-likeness (QED) is 0.245. The van der Waals surface area contributed by atoms with Crippen LogP contribution in [0.15, 0.2) is 52.7 Å². The molecule has 1 heterocycles. The number of amides is 1. The zero-order valence-corrected chi connectivity index (χ0v) is 26.4. The van der Waals surface area contributed by atoms with Crippen LogP contribution >= 0.6 is 11.3 Å². The number of aryl methyl sites for hydroxylation is 3. The van der Waals surface area contributed by atoms with Gasteiger partial charge in [-0.1, -0.05) is 49.1 Å². The number of nitrogens with zero attached hydrogens (tertiary/aromatic N) is 2. The molecule has 1 saturated carbocycles. The Labute approximate surface area is 249 Å². The number of ether oxygens (including phenoxy) is 2. The van der Waals surface area contributed by atoms with Gasteiger partial charge in [0.25, 0.3) is 0 Å². The maximum Gasteiger partial charge on any atom is 0.244 e. The smallest absolute Gasteiger partial charge is 0.244 e. The van der Waals surface area contributed by atoms with Crippen molar-refractivity contribution in [2.75, 3.05) is 27.3 Å². The number of methoxy groups -OCH3 is 2. The predicted octanol–water partition coefficient (Wildman–Crippen LogP) is 6.29. The molecule has 222 valence electrons. The van der Waals surface area contributed by atoms with Crippen LogP contribution in [-0.4, -0.2) is 56.9 Å². The van der Waals surface area contributed by atoms with Gasteiger partial charge in [0, 0.05) is 17.5 Å². The molecule has 41 heavy (non-hydrogen) atoms. The second-order valence-electron chi connectivity index (χ2n) is 10.9. The molecule has 0 aliphatic heterocycles. The van der Waals surface area contributed by atoms with E-state index in [-0.39, 0.29) is 18.5 Å². The summed E-state index contributed by atoms with van der Waals surface area (Å²) in [5, 5.41) is 1.99. The highest BCUT2D eigenvalue weighted by Crippen LogP contribution is 2.32. The van der Waals surface area contributed by atoms with E-state index in [2.05, 4.69) is 0 Å². The lowest BCUT2D eigenvalue weighted by Gasteiger charge is -2.35. The Balaban J connectivity index is 1.63. The van der Waals surface area contributed by atoms with Gasteiger partial charge in [-0.05, 0) is 80.3 Å². The SMILES string of the molecule is COc1ccc(CCN(Cc2cccs2)C(=O)CN(C2CCCCC2)S(=O)(=O)c2c(C)cc(C)cc2C)cc1OC. The first-order chi connectivity index (χ1) is 19.6. The fourth-order valence-electron chi connectivity index (χ4n) is 5.89. The summed E-state index contributed by atoms with van der Waals surface area (Å²) in [4.78, 5) is 17.2. The Morgan fingerprint density at radius 2 is 1.63 bits per heavy atom. The summed E-state index contributed by atoms with van der Waals surface area (Å²) in [6, 6.07) is 13.4. The number of thiophene rings is 1. The van der Waals surface area contributed by atoms with Crippen molar-refractivity contribution in [2.24, 2.45) is 0 Å². The average Bonchev–Trinajstić information content (AvgIpc) is 3.46. The minimum absolute atomic E-state index is 0.170. The molecule has 1 fully saturated rings. The van der Waals surface area contributed by atoms with Crippen LogP contribution in [0.3, 0.4) is 0 Å². The van der Waals surface area contributed by atoms with Crippen molar-refractivity contribution in [1.29, 1.82) is 0 Å². The van der Waals surface area contributed by atoms with E-state index >= 15 is 0 Å². The molecule has 0 saturated heterocycles. The summed E-state index contributed by atoms with van der Waals surface area (Å²) in [5.74, 6) is 1.10. The molecule has 0 N–H and O–H groups in total. The van der Waals surface area contributed by atoms with Crippen LogP contribution in [-0.2, 0) is 27.8 Å². The van der Waals surface area contributed by atoms with Gasteiger partial charge in [-0.25, -0.2) is 8.42 Å². The number of rotatable bonds is 12. The summed E-state index contributed by atoms with van der Waals surface area (Å²) < 4.78 is 40.9. The van der Waals surface area contributed by atoms with Crippen molar-refractivity contribution in [3.8, 4) is 11.5 Å². The molecule has 2 aromatic carbocycles. The number of carbonyl (C=O) groups excluding carboxylic acids is 1. The third-order valence-corrected chi connectivity index (χ3v) is 10.9. The number of hydrogen-bond donors (Lipinski definition) is 0.